The zero-order valence-electron chi connectivity index (χ0n) is 19.2. The molecule has 38 heavy (non-hydrogen) atoms. The first-order chi connectivity index (χ1) is 17.8. The zero-order valence-corrected chi connectivity index (χ0v) is 21.7. The molecule has 0 aliphatic rings. The maximum absolute atomic E-state index is 11.9. The van der Waals surface area contributed by atoms with Gasteiger partial charge in [0.05, 0.1) is 27.5 Å². The summed E-state index contributed by atoms with van der Waals surface area (Å²) in [4.78, 5) is 10.4. The normalized spacial score (nSPS) is 12.2. The summed E-state index contributed by atoms with van der Waals surface area (Å²) < 4.78 is 70.9. The van der Waals surface area contributed by atoms with Gasteiger partial charge in [0.2, 0.25) is 5.91 Å². The zero-order chi connectivity index (χ0) is 28.3. The highest BCUT2D eigenvalue weighted by Gasteiger charge is 2.22. The summed E-state index contributed by atoms with van der Waals surface area (Å²) in [5.74, 6) is -1.33. The van der Waals surface area contributed by atoms with Crippen LogP contribution in [-0.4, -0.2) is 42.2 Å². The van der Waals surface area contributed by atoms with E-state index in [1.807, 2.05) is 0 Å². The third-order valence-electron chi connectivity index (χ3n) is 4.83. The molecule has 0 saturated carbocycles. The van der Waals surface area contributed by atoms with Crippen LogP contribution in [0.3, 0.4) is 0 Å². The second-order valence-corrected chi connectivity index (χ2v) is 11.0. The fourth-order valence-corrected chi connectivity index (χ4v) is 5.07. The Bertz CT molecular complexity index is 1670. The largest absolute Gasteiger partial charge is 0.505 e. The highest BCUT2D eigenvalue weighted by Crippen LogP contribution is 2.47. The molecule has 0 spiro atoms. The molecule has 0 atom stereocenters. The Morgan fingerprint density at radius 2 is 1.82 bits per heavy atom. The molecule has 0 heterocycles. The molecule has 0 bridgehead atoms. The summed E-state index contributed by atoms with van der Waals surface area (Å²) in [6.07, 6.45) is 1.81. The van der Waals surface area contributed by atoms with Crippen LogP contribution in [0.5, 0.6) is 5.75 Å². The van der Waals surface area contributed by atoms with E-state index in [9.17, 15) is 35.8 Å². The van der Waals surface area contributed by atoms with E-state index in [1.165, 1.54) is 24.3 Å². The predicted molar refractivity (Wildman–Crippen MR) is 135 cm³/mol. The third kappa shape index (κ3) is 6.71. The summed E-state index contributed by atoms with van der Waals surface area (Å²) in [7, 11) is -9.49. The molecule has 3 aromatic rings. The van der Waals surface area contributed by atoms with E-state index >= 15 is 0 Å². The number of nitrogens with zero attached hydrogens (tertiary/aromatic N) is 2. The number of hydrogen-bond donors (Lipinski definition) is 5. The van der Waals surface area contributed by atoms with Crippen molar-refractivity contribution in [1.29, 1.82) is 0 Å². The van der Waals surface area contributed by atoms with E-state index in [2.05, 4.69) is 31.5 Å². The van der Waals surface area contributed by atoms with Gasteiger partial charge in [-0.3, -0.25) is 13.9 Å². The number of amides is 1. The lowest BCUT2D eigenvalue weighted by Gasteiger charge is -2.14. The van der Waals surface area contributed by atoms with E-state index in [4.69, 9.17) is 5.26 Å². The van der Waals surface area contributed by atoms with Gasteiger partial charge in [0.25, 0.3) is 20.2 Å². The average Bonchev–Trinajstić information content (AvgIpc) is 2.81. The van der Waals surface area contributed by atoms with Crippen LogP contribution in [0.2, 0.25) is 0 Å². The molecule has 0 saturated heterocycles. The fourth-order valence-electron chi connectivity index (χ4n) is 3.35. The van der Waals surface area contributed by atoms with Crippen LogP contribution in [0.25, 0.3) is 10.8 Å². The highest BCUT2D eigenvalue weighted by molar-refractivity contribution is 7.94. The molecule has 0 aromatic heterocycles. The standard InChI is InChI=1S/C21H19N3O11S3/c1-3-4-12-5-6-15(18(7-12)38(31,32)33)23-24-20-17(36-35-34-27)9-13-8-14(37(28,29)30)10-16(22-11(2)25)19(13)21(20)26/h3,5-10,26-27H,1,4H2,2H3,(H,22,25)(H,28,29,30)(H,31,32,33). The van der Waals surface area contributed by atoms with Gasteiger partial charge in [0, 0.05) is 12.3 Å². The molecule has 0 fully saturated rings. The van der Waals surface area contributed by atoms with Crippen molar-refractivity contribution < 1.29 is 50.5 Å². The lowest BCUT2D eigenvalue weighted by atomic mass is 10.1. The number of phenols is 1. The maximum atomic E-state index is 11.9. The summed E-state index contributed by atoms with van der Waals surface area (Å²) in [5.41, 5.74) is -0.416. The fraction of sp³-hybridized carbons (Fsp3) is 0.0952. The first-order valence-electron chi connectivity index (χ1n) is 10.1. The van der Waals surface area contributed by atoms with E-state index in [1.54, 1.807) is 0 Å². The van der Waals surface area contributed by atoms with Gasteiger partial charge in [0.1, 0.15) is 16.3 Å². The number of allylic oxidation sites excluding steroid dienone is 1. The molecule has 0 aliphatic carbocycles. The minimum atomic E-state index is -4.75. The SMILES string of the molecule is C=CCc1ccc(N=Nc2c(SOOO)cc3cc(S(=O)(=O)O)cc(NC(C)=O)c3c2O)c(S(=O)(=O)O)c1. The number of carbonyl (C=O) groups excluding carboxylic acids is 1. The van der Waals surface area contributed by atoms with Gasteiger partial charge in [-0.25, -0.2) is 5.26 Å². The average molecular weight is 586 g/mol. The molecule has 17 heteroatoms. The van der Waals surface area contributed by atoms with Crippen molar-refractivity contribution in [3.63, 3.8) is 0 Å². The second-order valence-electron chi connectivity index (χ2n) is 7.49. The number of aromatic hydroxyl groups is 1. The summed E-state index contributed by atoms with van der Waals surface area (Å²) in [6.45, 7) is 4.68. The topological polar surface area (TPSA) is 221 Å². The van der Waals surface area contributed by atoms with E-state index < -0.39 is 41.7 Å². The quantitative estimate of drug-likeness (QED) is 0.0551. The van der Waals surface area contributed by atoms with Crippen LogP contribution < -0.4 is 5.32 Å². The van der Waals surface area contributed by atoms with Gasteiger partial charge in [-0.15, -0.1) is 21.1 Å². The minimum absolute atomic E-state index is 0.0308. The summed E-state index contributed by atoms with van der Waals surface area (Å²) in [6, 6.07) is 7.00. The van der Waals surface area contributed by atoms with Crippen LogP contribution >= 0.6 is 12.0 Å². The van der Waals surface area contributed by atoms with E-state index in [0.717, 1.165) is 25.1 Å². The predicted octanol–water partition coefficient (Wildman–Crippen LogP) is 4.57. The highest BCUT2D eigenvalue weighted by atomic mass is 32.2. The van der Waals surface area contributed by atoms with Crippen molar-refractivity contribution in [3.05, 3.63) is 54.6 Å². The Morgan fingerprint density at radius 3 is 2.39 bits per heavy atom. The Kier molecular flexibility index (Phi) is 8.85. The molecule has 3 rings (SSSR count). The van der Waals surface area contributed by atoms with Crippen molar-refractivity contribution in [2.24, 2.45) is 10.2 Å². The maximum Gasteiger partial charge on any atom is 0.296 e. The molecule has 1 amide bonds. The number of hydrogen-bond acceptors (Lipinski definition) is 12. The number of carbonyl (C=O) groups is 1. The number of benzene rings is 3. The lowest BCUT2D eigenvalue weighted by molar-refractivity contribution is -0.432. The summed E-state index contributed by atoms with van der Waals surface area (Å²) in [5, 5.41) is 33.1. The molecule has 3 aromatic carbocycles. The van der Waals surface area contributed by atoms with Crippen molar-refractivity contribution in [2.75, 3.05) is 5.32 Å². The number of anilines is 1. The van der Waals surface area contributed by atoms with Gasteiger partial charge < -0.3 is 10.4 Å². The van der Waals surface area contributed by atoms with Crippen molar-refractivity contribution in [1.82, 2.24) is 0 Å². The number of fused-ring (bicyclic) bond motifs is 1. The monoisotopic (exact) mass is 585 g/mol. The Balaban J connectivity index is 2.31. The minimum Gasteiger partial charge on any atom is -0.505 e. The van der Waals surface area contributed by atoms with Crippen LogP contribution in [0, 0.1) is 0 Å². The Morgan fingerprint density at radius 1 is 1.11 bits per heavy atom. The number of phenolic OH excluding ortho intramolecular Hbond substituents is 1. The van der Waals surface area contributed by atoms with Gasteiger partial charge in [0.15, 0.2) is 5.75 Å². The van der Waals surface area contributed by atoms with Crippen LogP contribution in [-0.2, 0) is 40.8 Å². The van der Waals surface area contributed by atoms with Gasteiger partial charge in [-0.05, 0) is 47.7 Å². The molecule has 0 aliphatic heterocycles. The van der Waals surface area contributed by atoms with Crippen molar-refractivity contribution in [2.45, 2.75) is 28.0 Å². The first kappa shape index (κ1) is 29.1. The van der Waals surface area contributed by atoms with Crippen LogP contribution in [0.1, 0.15) is 12.5 Å². The first-order valence-corrected chi connectivity index (χ1v) is 13.7. The van der Waals surface area contributed by atoms with Gasteiger partial charge in [-0.1, -0.05) is 17.2 Å². The molecule has 202 valence electrons. The van der Waals surface area contributed by atoms with Crippen LogP contribution in [0.4, 0.5) is 17.1 Å². The number of azo groups is 1. The lowest BCUT2D eigenvalue weighted by Crippen LogP contribution is -2.08. The Labute approximate surface area is 220 Å². The molecule has 0 unspecified atom stereocenters. The van der Waals surface area contributed by atoms with Crippen LogP contribution in [0.15, 0.2) is 74.0 Å². The van der Waals surface area contributed by atoms with Gasteiger partial charge in [-0.2, -0.15) is 16.8 Å². The molecule has 0 radical (unpaired) electrons. The van der Waals surface area contributed by atoms with Crippen molar-refractivity contribution >= 4 is 66.0 Å². The smallest absolute Gasteiger partial charge is 0.296 e. The Hall–Kier alpha value is -3.42. The van der Waals surface area contributed by atoms with Gasteiger partial charge >= 0.3 is 0 Å². The number of rotatable bonds is 10. The second kappa shape index (κ2) is 11.5. The summed E-state index contributed by atoms with van der Waals surface area (Å²) >= 11 is 0.299. The molecular formula is C21H19N3O11S3. The van der Waals surface area contributed by atoms with Crippen molar-refractivity contribution in [3.8, 4) is 5.75 Å². The van der Waals surface area contributed by atoms with E-state index in [0.29, 0.717) is 24.0 Å². The number of nitrogens with one attached hydrogen (secondary N) is 1. The van der Waals surface area contributed by atoms with E-state index in [-0.39, 0.29) is 32.7 Å². The third-order valence-corrected chi connectivity index (χ3v) is 7.16. The molecule has 5 N–H and O–H groups in total. The molecular weight excluding hydrogens is 566 g/mol. The molecule has 14 nitrogen and oxygen atoms in total.